The Labute approximate surface area is 63.2 Å². The van der Waals surface area contributed by atoms with Crippen molar-refractivity contribution < 1.29 is 10.5 Å². The third-order valence-electron chi connectivity index (χ3n) is 1.09. The lowest BCUT2D eigenvalue weighted by atomic mass is 10.5. The third kappa shape index (κ3) is 2.01. The number of rotatable bonds is 3. The molecule has 6 nitrogen and oxygen atoms in total. The van der Waals surface area contributed by atoms with Gasteiger partial charge in [0.2, 0.25) is 5.82 Å². The fourth-order valence-corrected chi connectivity index (χ4v) is 0.601. The van der Waals surface area contributed by atoms with Gasteiger partial charge in [-0.05, 0) is 0 Å². The van der Waals surface area contributed by atoms with Gasteiger partial charge in [-0.2, -0.15) is 5.10 Å². The number of H-pyrrole nitrogens is 1. The first-order valence-electron chi connectivity index (χ1n) is 3.27. The first-order valence-corrected chi connectivity index (χ1v) is 3.27. The molecular weight excluding hydrogens is 146 g/mol. The summed E-state index contributed by atoms with van der Waals surface area (Å²) in [5, 5.41) is 8.59. The van der Waals surface area contributed by atoms with Crippen LogP contribution in [-0.4, -0.2) is 34.2 Å². The third-order valence-corrected chi connectivity index (χ3v) is 1.09. The van der Waals surface area contributed by atoms with Gasteiger partial charge in [-0.25, -0.2) is 4.98 Å². The quantitative estimate of drug-likeness (QED) is 0.462. The standard InChI is InChI=1S/C5H9N5O/c6-1-2-7-5(11)4-8-3-9-10-4/h3H,1-2,6H2,(H,7,11)(H,8,9,10)/p+1. The molecule has 60 valence electrons. The van der Waals surface area contributed by atoms with Crippen LogP contribution in [0.4, 0.5) is 0 Å². The number of quaternary nitrogens is 1. The summed E-state index contributed by atoms with van der Waals surface area (Å²) in [7, 11) is 0. The summed E-state index contributed by atoms with van der Waals surface area (Å²) < 4.78 is 0. The molecule has 1 aromatic heterocycles. The van der Waals surface area contributed by atoms with Crippen LogP contribution in [0.3, 0.4) is 0 Å². The van der Waals surface area contributed by atoms with Crippen LogP contribution in [0, 0.1) is 0 Å². The fourth-order valence-electron chi connectivity index (χ4n) is 0.601. The van der Waals surface area contributed by atoms with E-state index in [9.17, 15) is 4.79 Å². The molecule has 1 amide bonds. The number of carbonyl (C=O) groups excluding carboxylic acids is 1. The highest BCUT2D eigenvalue weighted by molar-refractivity contribution is 5.90. The number of amides is 1. The SMILES string of the molecule is [NH3+]CCNC(=O)c1ncn[nH]1. The van der Waals surface area contributed by atoms with Crippen LogP contribution in [0.1, 0.15) is 10.6 Å². The number of aromatic amines is 1. The number of aromatic nitrogens is 3. The normalized spacial score (nSPS) is 9.55. The van der Waals surface area contributed by atoms with Crippen molar-refractivity contribution in [1.29, 1.82) is 0 Å². The smallest absolute Gasteiger partial charge is 0.288 e. The Kier molecular flexibility index (Phi) is 2.56. The Morgan fingerprint density at radius 2 is 2.64 bits per heavy atom. The Morgan fingerprint density at radius 3 is 3.18 bits per heavy atom. The van der Waals surface area contributed by atoms with Gasteiger partial charge < -0.3 is 11.1 Å². The van der Waals surface area contributed by atoms with Crippen molar-refractivity contribution in [1.82, 2.24) is 20.5 Å². The van der Waals surface area contributed by atoms with Crippen molar-refractivity contribution >= 4 is 5.91 Å². The van der Waals surface area contributed by atoms with Crippen LogP contribution in [-0.2, 0) is 0 Å². The van der Waals surface area contributed by atoms with Crippen LogP contribution in [0.2, 0.25) is 0 Å². The van der Waals surface area contributed by atoms with E-state index in [4.69, 9.17) is 0 Å². The van der Waals surface area contributed by atoms with Gasteiger partial charge in [0, 0.05) is 0 Å². The zero-order valence-electron chi connectivity index (χ0n) is 6.00. The largest absolute Gasteiger partial charge is 0.356 e. The molecule has 1 rings (SSSR count). The highest BCUT2D eigenvalue weighted by Crippen LogP contribution is 1.82. The second-order valence-corrected chi connectivity index (χ2v) is 1.94. The number of hydrogen-bond donors (Lipinski definition) is 3. The summed E-state index contributed by atoms with van der Waals surface area (Å²) in [4.78, 5) is 14.7. The van der Waals surface area contributed by atoms with Crippen molar-refractivity contribution in [3.63, 3.8) is 0 Å². The molecule has 1 heterocycles. The summed E-state index contributed by atoms with van der Waals surface area (Å²) in [5.74, 6) is -0.00963. The van der Waals surface area contributed by atoms with Gasteiger partial charge in [-0.15, -0.1) is 0 Å². The van der Waals surface area contributed by atoms with Gasteiger partial charge in [-0.3, -0.25) is 9.89 Å². The van der Waals surface area contributed by atoms with Crippen LogP contribution in [0.25, 0.3) is 0 Å². The minimum Gasteiger partial charge on any atom is -0.356 e. The Morgan fingerprint density at radius 1 is 1.82 bits per heavy atom. The highest BCUT2D eigenvalue weighted by atomic mass is 16.2. The molecule has 0 saturated heterocycles. The molecule has 0 fully saturated rings. The number of carbonyl (C=O) groups is 1. The molecular formula is C5H10N5O+. The summed E-state index contributed by atoms with van der Waals surface area (Å²) in [6.45, 7) is 1.22. The van der Waals surface area contributed by atoms with E-state index in [1.165, 1.54) is 6.33 Å². The molecule has 0 aliphatic heterocycles. The molecule has 6 heteroatoms. The molecule has 0 aliphatic rings. The minimum absolute atomic E-state index is 0.235. The summed E-state index contributed by atoms with van der Waals surface area (Å²) in [6.07, 6.45) is 1.29. The van der Waals surface area contributed by atoms with Crippen molar-refractivity contribution in [2.45, 2.75) is 0 Å². The molecule has 0 aromatic carbocycles. The van der Waals surface area contributed by atoms with Crippen LogP contribution < -0.4 is 11.1 Å². The zero-order chi connectivity index (χ0) is 8.10. The maximum atomic E-state index is 11.0. The van der Waals surface area contributed by atoms with Gasteiger partial charge in [0.15, 0.2) is 0 Å². The van der Waals surface area contributed by atoms with Crippen LogP contribution >= 0.6 is 0 Å². The Bertz CT molecular complexity index is 219. The molecule has 0 saturated carbocycles. The number of nitrogens with one attached hydrogen (secondary N) is 2. The average Bonchev–Trinajstić information content (AvgIpc) is 2.52. The van der Waals surface area contributed by atoms with E-state index in [0.717, 1.165) is 0 Å². The zero-order valence-corrected chi connectivity index (χ0v) is 6.00. The summed E-state index contributed by atoms with van der Waals surface area (Å²) >= 11 is 0. The first-order chi connectivity index (χ1) is 5.34. The predicted molar refractivity (Wildman–Crippen MR) is 36.5 cm³/mol. The summed E-state index contributed by atoms with van der Waals surface area (Å²) in [6, 6.07) is 0. The van der Waals surface area contributed by atoms with E-state index >= 15 is 0 Å². The molecule has 0 atom stereocenters. The second kappa shape index (κ2) is 3.67. The van der Waals surface area contributed by atoms with Gasteiger partial charge in [0.1, 0.15) is 6.33 Å². The predicted octanol–water partition coefficient (Wildman–Crippen LogP) is -2.22. The molecule has 0 bridgehead atoms. The maximum absolute atomic E-state index is 11.0. The average molecular weight is 156 g/mol. The van der Waals surface area contributed by atoms with Crippen LogP contribution in [0.15, 0.2) is 6.33 Å². The van der Waals surface area contributed by atoms with Crippen molar-refractivity contribution in [2.24, 2.45) is 0 Å². The monoisotopic (exact) mass is 156 g/mol. The van der Waals surface area contributed by atoms with Gasteiger partial charge in [0.05, 0.1) is 13.1 Å². The molecule has 1 aromatic rings. The number of hydrogen-bond acceptors (Lipinski definition) is 3. The lowest BCUT2D eigenvalue weighted by molar-refractivity contribution is -0.364. The molecule has 11 heavy (non-hydrogen) atoms. The van der Waals surface area contributed by atoms with E-state index in [2.05, 4.69) is 26.2 Å². The maximum Gasteiger partial charge on any atom is 0.288 e. The van der Waals surface area contributed by atoms with Gasteiger partial charge in [0.25, 0.3) is 5.91 Å². The lowest BCUT2D eigenvalue weighted by Gasteiger charge is -1.96. The van der Waals surface area contributed by atoms with Gasteiger partial charge in [-0.1, -0.05) is 0 Å². The van der Waals surface area contributed by atoms with Crippen LogP contribution in [0.5, 0.6) is 0 Å². The van der Waals surface area contributed by atoms with Crippen molar-refractivity contribution in [3.8, 4) is 0 Å². The number of nitrogens with zero attached hydrogens (tertiary/aromatic N) is 2. The van der Waals surface area contributed by atoms with E-state index in [-0.39, 0.29) is 11.7 Å². The van der Waals surface area contributed by atoms with Gasteiger partial charge >= 0.3 is 0 Å². The summed E-state index contributed by atoms with van der Waals surface area (Å²) in [5.41, 5.74) is 3.58. The van der Waals surface area contributed by atoms with Crippen molar-refractivity contribution in [3.05, 3.63) is 12.2 Å². The topological polar surface area (TPSA) is 98.3 Å². The van der Waals surface area contributed by atoms with Crippen molar-refractivity contribution in [2.75, 3.05) is 13.1 Å². The molecule has 0 aliphatic carbocycles. The highest BCUT2D eigenvalue weighted by Gasteiger charge is 2.05. The fraction of sp³-hybridized carbons (Fsp3) is 0.400. The minimum atomic E-state index is -0.244. The Hall–Kier alpha value is -1.43. The molecule has 0 radical (unpaired) electrons. The molecule has 5 N–H and O–H groups in total. The molecule has 0 unspecified atom stereocenters. The second-order valence-electron chi connectivity index (χ2n) is 1.94. The van der Waals surface area contributed by atoms with E-state index in [0.29, 0.717) is 13.1 Å². The Balaban J connectivity index is 2.43. The van der Waals surface area contributed by atoms with E-state index in [1.54, 1.807) is 0 Å². The van der Waals surface area contributed by atoms with E-state index in [1.807, 2.05) is 0 Å². The molecule has 0 spiro atoms. The lowest BCUT2D eigenvalue weighted by Crippen LogP contribution is -2.54. The van der Waals surface area contributed by atoms with E-state index < -0.39 is 0 Å². The first kappa shape index (κ1) is 7.67.